The summed E-state index contributed by atoms with van der Waals surface area (Å²) in [7, 11) is 0. The van der Waals surface area contributed by atoms with Crippen LogP contribution in [0.2, 0.25) is 0 Å². The van der Waals surface area contributed by atoms with Crippen molar-refractivity contribution in [1.82, 2.24) is 19.9 Å². The first-order chi connectivity index (χ1) is 17.5. The molecule has 0 saturated heterocycles. The van der Waals surface area contributed by atoms with Crippen LogP contribution >= 0.6 is 0 Å². The van der Waals surface area contributed by atoms with Crippen LogP contribution in [-0.4, -0.2) is 26.6 Å². The Morgan fingerprint density at radius 2 is 1.22 bits per heavy atom. The second-order valence-corrected chi connectivity index (χ2v) is 8.60. The van der Waals surface area contributed by atoms with Crippen molar-refractivity contribution in [1.29, 1.82) is 0 Å². The Bertz CT molecular complexity index is 1450. The highest BCUT2D eigenvalue weighted by molar-refractivity contribution is 5.91. The number of hydrogen-bond acceptors (Lipinski definition) is 8. The van der Waals surface area contributed by atoms with Gasteiger partial charge in [-0.05, 0) is 61.7 Å². The van der Waals surface area contributed by atoms with Gasteiger partial charge in [0.15, 0.2) is 0 Å². The van der Waals surface area contributed by atoms with Gasteiger partial charge < -0.3 is 21.3 Å². The van der Waals surface area contributed by atoms with Crippen molar-refractivity contribution in [2.24, 2.45) is 0 Å². The number of rotatable bonds is 8. The number of hydrogen-bond donors (Lipinski definition) is 4. The maximum absolute atomic E-state index is 4.61. The lowest BCUT2D eigenvalue weighted by Crippen LogP contribution is -2.16. The summed E-state index contributed by atoms with van der Waals surface area (Å²) >= 11 is 0. The smallest absolute Gasteiger partial charge is 0.233 e. The molecule has 0 aliphatic carbocycles. The highest BCUT2D eigenvalue weighted by Gasteiger charge is 2.10. The van der Waals surface area contributed by atoms with E-state index in [1.54, 1.807) is 0 Å². The molecule has 8 nitrogen and oxygen atoms in total. The molecule has 0 unspecified atom stereocenters. The Hall–Kier alpha value is -4.72. The third kappa shape index (κ3) is 5.33. The monoisotopic (exact) mass is 476 g/mol. The normalized spacial score (nSPS) is 10.8. The molecule has 180 valence electrons. The minimum Gasteiger partial charge on any atom is -0.367 e. The summed E-state index contributed by atoms with van der Waals surface area (Å²) in [6, 6.07) is 24.2. The van der Waals surface area contributed by atoms with Gasteiger partial charge >= 0.3 is 0 Å². The zero-order valence-electron chi connectivity index (χ0n) is 20.5. The number of benzene rings is 3. The number of para-hydroxylation sites is 2. The summed E-state index contributed by atoms with van der Waals surface area (Å²) in [6.45, 7) is 6.57. The Morgan fingerprint density at radius 1 is 0.611 bits per heavy atom. The van der Waals surface area contributed by atoms with Crippen LogP contribution in [0.4, 0.5) is 34.9 Å². The second kappa shape index (κ2) is 10.3. The summed E-state index contributed by atoms with van der Waals surface area (Å²) in [6.07, 6.45) is 1.81. The van der Waals surface area contributed by atoms with Crippen molar-refractivity contribution in [2.45, 2.75) is 20.8 Å². The van der Waals surface area contributed by atoms with Crippen LogP contribution in [0, 0.1) is 20.8 Å². The first kappa shape index (κ1) is 23.0. The molecule has 2 heterocycles. The Labute approximate surface area is 210 Å². The molecule has 0 atom stereocenters. The van der Waals surface area contributed by atoms with E-state index in [1.165, 1.54) is 5.56 Å². The summed E-state index contributed by atoms with van der Waals surface area (Å²) in [4.78, 5) is 18.3. The Morgan fingerprint density at radius 3 is 1.86 bits per heavy atom. The van der Waals surface area contributed by atoms with Crippen molar-refractivity contribution in [3.63, 3.8) is 0 Å². The van der Waals surface area contributed by atoms with Crippen molar-refractivity contribution < 1.29 is 0 Å². The molecular weight excluding hydrogens is 448 g/mol. The lowest BCUT2D eigenvalue weighted by molar-refractivity contribution is 1.03. The number of aromatic nitrogens is 4. The molecule has 0 saturated carbocycles. The van der Waals surface area contributed by atoms with E-state index in [4.69, 9.17) is 0 Å². The van der Waals surface area contributed by atoms with Gasteiger partial charge in [0.2, 0.25) is 17.8 Å². The lowest BCUT2D eigenvalue weighted by Gasteiger charge is -2.14. The van der Waals surface area contributed by atoms with Gasteiger partial charge in [-0.3, -0.25) is 4.98 Å². The lowest BCUT2D eigenvalue weighted by atomic mass is 10.1. The van der Waals surface area contributed by atoms with Gasteiger partial charge in [0.1, 0.15) is 0 Å². The van der Waals surface area contributed by atoms with Gasteiger partial charge in [-0.25, -0.2) is 0 Å². The van der Waals surface area contributed by atoms with Crippen LogP contribution in [0.15, 0.2) is 79.0 Å². The van der Waals surface area contributed by atoms with Gasteiger partial charge in [-0.2, -0.15) is 15.0 Å². The molecule has 0 spiro atoms. The zero-order chi connectivity index (χ0) is 24.9. The number of nitrogens with one attached hydrogen (secondary N) is 4. The van der Waals surface area contributed by atoms with E-state index < -0.39 is 0 Å². The van der Waals surface area contributed by atoms with Crippen molar-refractivity contribution in [3.05, 3.63) is 95.7 Å². The van der Waals surface area contributed by atoms with Crippen LogP contribution in [0.3, 0.4) is 0 Å². The third-order valence-electron chi connectivity index (χ3n) is 5.84. The molecule has 36 heavy (non-hydrogen) atoms. The minimum absolute atomic E-state index is 0.421. The Balaban J connectivity index is 1.39. The first-order valence-electron chi connectivity index (χ1n) is 11.8. The fourth-order valence-corrected chi connectivity index (χ4v) is 3.86. The molecule has 4 N–H and O–H groups in total. The van der Waals surface area contributed by atoms with Crippen molar-refractivity contribution in [3.8, 4) is 0 Å². The van der Waals surface area contributed by atoms with Crippen molar-refractivity contribution >= 4 is 45.8 Å². The van der Waals surface area contributed by atoms with Gasteiger partial charge in [0.05, 0.1) is 12.2 Å². The van der Waals surface area contributed by atoms with Gasteiger partial charge in [0, 0.05) is 28.6 Å². The topological polar surface area (TPSA) is 99.7 Å². The number of nitrogens with zero attached hydrogens (tertiary/aromatic N) is 4. The quantitative estimate of drug-likeness (QED) is 0.193. The molecule has 0 aliphatic heterocycles. The largest absolute Gasteiger partial charge is 0.367 e. The number of fused-ring (bicyclic) bond motifs is 1. The maximum atomic E-state index is 4.61. The molecule has 0 fully saturated rings. The minimum atomic E-state index is 0.421. The van der Waals surface area contributed by atoms with E-state index in [0.717, 1.165) is 39.1 Å². The average molecular weight is 477 g/mol. The third-order valence-corrected chi connectivity index (χ3v) is 5.84. The second-order valence-electron chi connectivity index (χ2n) is 8.60. The van der Waals surface area contributed by atoms with E-state index in [9.17, 15) is 0 Å². The summed E-state index contributed by atoms with van der Waals surface area (Å²) in [5.41, 5.74) is 7.19. The highest BCUT2D eigenvalue weighted by atomic mass is 15.3. The first-order valence-corrected chi connectivity index (χ1v) is 11.8. The highest BCUT2D eigenvalue weighted by Crippen LogP contribution is 2.24. The number of anilines is 6. The predicted octanol–water partition coefficient (Wildman–Crippen LogP) is 6.31. The van der Waals surface area contributed by atoms with Gasteiger partial charge in [0.25, 0.3) is 0 Å². The average Bonchev–Trinajstić information content (AvgIpc) is 2.87. The molecule has 2 aromatic heterocycles. The van der Waals surface area contributed by atoms with Crippen LogP contribution in [0.25, 0.3) is 10.9 Å². The molecular formula is C28H28N8. The fraction of sp³-hybridized carbons (Fsp3) is 0.143. The molecule has 3 aromatic carbocycles. The summed E-state index contributed by atoms with van der Waals surface area (Å²) in [5, 5.41) is 14.4. The van der Waals surface area contributed by atoms with Gasteiger partial charge in [-0.1, -0.05) is 48.5 Å². The molecule has 0 amide bonds. The molecule has 0 radical (unpaired) electrons. The number of pyridine rings is 1. The van der Waals surface area contributed by atoms with Crippen LogP contribution < -0.4 is 21.3 Å². The SMILES string of the molecule is Cc1ccc2c(NCNc3nc(Nc4ccccc4C)nc(Nc4ccccc4C)n3)ccnc2c1. The summed E-state index contributed by atoms with van der Waals surface area (Å²) in [5.74, 6) is 1.34. The van der Waals surface area contributed by atoms with Crippen LogP contribution in [0.5, 0.6) is 0 Å². The van der Waals surface area contributed by atoms with Crippen LogP contribution in [-0.2, 0) is 0 Å². The fourth-order valence-electron chi connectivity index (χ4n) is 3.86. The molecule has 5 aromatic rings. The maximum Gasteiger partial charge on any atom is 0.233 e. The van der Waals surface area contributed by atoms with E-state index in [-0.39, 0.29) is 0 Å². The standard InChI is InChI=1S/C28H28N8/c1-18-12-13-21-24(14-15-29-25(21)16-18)30-17-31-26-34-27(32-22-10-6-4-8-19(22)2)36-28(35-26)33-23-11-7-5-9-20(23)3/h4-16H,17H2,1-3H3,(H,29,30)(H3,31,32,33,34,35,36). The molecule has 8 heteroatoms. The van der Waals surface area contributed by atoms with E-state index >= 15 is 0 Å². The van der Waals surface area contributed by atoms with E-state index in [2.05, 4.69) is 66.3 Å². The molecule has 0 aliphatic rings. The van der Waals surface area contributed by atoms with Gasteiger partial charge in [-0.15, -0.1) is 0 Å². The molecule has 5 rings (SSSR count). The Kier molecular flexibility index (Phi) is 6.57. The van der Waals surface area contributed by atoms with E-state index in [0.29, 0.717) is 24.5 Å². The van der Waals surface area contributed by atoms with Crippen LogP contribution in [0.1, 0.15) is 16.7 Å². The van der Waals surface area contributed by atoms with Crippen molar-refractivity contribution in [2.75, 3.05) is 27.9 Å². The predicted molar refractivity (Wildman–Crippen MR) is 147 cm³/mol. The summed E-state index contributed by atoms with van der Waals surface area (Å²) < 4.78 is 0. The van der Waals surface area contributed by atoms with E-state index in [1.807, 2.05) is 74.6 Å². The zero-order valence-corrected chi connectivity index (χ0v) is 20.5. The molecule has 0 bridgehead atoms. The number of aryl methyl sites for hydroxylation is 3.